The molecule has 0 nitrogen and oxygen atoms in total. The highest BCUT2D eigenvalue weighted by Crippen LogP contribution is 2.34. The van der Waals surface area contributed by atoms with Crippen LogP contribution >= 0.6 is 0 Å². The lowest BCUT2D eigenvalue weighted by molar-refractivity contribution is 0.755. The van der Waals surface area contributed by atoms with E-state index in [1.54, 1.807) is 5.57 Å². The Balaban J connectivity index is 2.22. The normalized spacial score (nSPS) is 32.0. The van der Waals surface area contributed by atoms with Gasteiger partial charge in [0.1, 0.15) is 0 Å². The second-order valence-electron chi connectivity index (χ2n) is 2.94. The maximum Gasteiger partial charge on any atom is -0.00230 e. The van der Waals surface area contributed by atoms with Crippen molar-refractivity contribution in [2.75, 3.05) is 0 Å². The zero-order chi connectivity index (χ0) is 6.10. The van der Waals surface area contributed by atoms with Gasteiger partial charge >= 0.3 is 0 Å². The summed E-state index contributed by atoms with van der Waals surface area (Å²) in [6, 6.07) is 0. The highest BCUT2D eigenvalue weighted by Gasteiger charge is 2.18. The summed E-state index contributed by atoms with van der Waals surface area (Å²) >= 11 is 0. The zero-order valence-electron chi connectivity index (χ0n) is 5.64. The Hall–Kier alpha value is -0.520. The van der Waals surface area contributed by atoms with Gasteiger partial charge in [0.05, 0.1) is 0 Å². The number of fused-ring (bicyclic) bond motifs is 1. The van der Waals surface area contributed by atoms with Gasteiger partial charge < -0.3 is 0 Å². The Morgan fingerprint density at radius 1 is 1.44 bits per heavy atom. The fourth-order valence-corrected chi connectivity index (χ4v) is 1.83. The molecule has 0 heterocycles. The molecule has 0 aromatic carbocycles. The molecular formula is C9H12. The van der Waals surface area contributed by atoms with E-state index in [-0.39, 0.29) is 0 Å². The first-order valence-corrected chi connectivity index (χ1v) is 3.82. The van der Waals surface area contributed by atoms with E-state index < -0.39 is 0 Å². The molecule has 2 aliphatic rings. The molecule has 1 fully saturated rings. The Morgan fingerprint density at radius 3 is 3.33 bits per heavy atom. The number of rotatable bonds is 0. The van der Waals surface area contributed by atoms with E-state index in [9.17, 15) is 0 Å². The summed E-state index contributed by atoms with van der Waals surface area (Å²) in [5, 5.41) is 0. The molecule has 0 amide bonds. The second-order valence-corrected chi connectivity index (χ2v) is 2.94. The summed E-state index contributed by atoms with van der Waals surface area (Å²) in [7, 11) is 0. The van der Waals surface area contributed by atoms with Gasteiger partial charge in [-0.15, -0.1) is 0 Å². The van der Waals surface area contributed by atoms with Crippen LogP contribution in [-0.4, -0.2) is 0 Å². The van der Waals surface area contributed by atoms with E-state index in [1.807, 2.05) is 0 Å². The van der Waals surface area contributed by atoms with Crippen LogP contribution in [0.1, 0.15) is 25.7 Å². The molecule has 0 radical (unpaired) electrons. The molecule has 9 heavy (non-hydrogen) atoms. The van der Waals surface area contributed by atoms with Gasteiger partial charge in [0, 0.05) is 0 Å². The van der Waals surface area contributed by atoms with E-state index >= 15 is 0 Å². The summed E-state index contributed by atoms with van der Waals surface area (Å²) in [4.78, 5) is 0. The zero-order valence-corrected chi connectivity index (χ0v) is 5.64. The van der Waals surface area contributed by atoms with E-state index in [1.165, 1.54) is 25.7 Å². The van der Waals surface area contributed by atoms with Crippen molar-refractivity contribution >= 4 is 0 Å². The van der Waals surface area contributed by atoms with Crippen molar-refractivity contribution < 1.29 is 0 Å². The van der Waals surface area contributed by atoms with Crippen molar-refractivity contribution in [3.63, 3.8) is 0 Å². The number of allylic oxidation sites excluding steroid dienone is 4. The molecule has 0 spiro atoms. The third kappa shape index (κ3) is 0.827. The van der Waals surface area contributed by atoms with Gasteiger partial charge in [-0.2, -0.15) is 0 Å². The minimum absolute atomic E-state index is 0.846. The molecule has 0 bridgehead atoms. The smallest absolute Gasteiger partial charge is 0.00230 e. The largest absolute Gasteiger partial charge is 0.0841 e. The molecular weight excluding hydrogens is 108 g/mol. The first kappa shape index (κ1) is 5.28. The Kier molecular flexibility index (Phi) is 1.18. The quantitative estimate of drug-likeness (QED) is 0.431. The molecule has 0 N–H and O–H groups in total. The summed E-state index contributed by atoms with van der Waals surface area (Å²) < 4.78 is 0. The third-order valence-corrected chi connectivity index (χ3v) is 2.34. The molecule has 0 aromatic heterocycles. The SMILES string of the molecule is C1=CC2CCCC2=CC1. The van der Waals surface area contributed by atoms with Crippen LogP contribution in [0.5, 0.6) is 0 Å². The standard InChI is InChI=1S/C9H12/c1-2-5-9-7-3-6-8(9)4-1/h1,4-5,8H,2-3,6-7H2. The molecule has 0 aromatic rings. The van der Waals surface area contributed by atoms with Gasteiger partial charge in [0.25, 0.3) is 0 Å². The Morgan fingerprint density at radius 2 is 2.44 bits per heavy atom. The molecule has 2 aliphatic carbocycles. The van der Waals surface area contributed by atoms with Crippen molar-refractivity contribution in [3.05, 3.63) is 23.8 Å². The van der Waals surface area contributed by atoms with Crippen molar-refractivity contribution in [2.45, 2.75) is 25.7 Å². The lowest BCUT2D eigenvalue weighted by Crippen LogP contribution is -1.94. The summed E-state index contributed by atoms with van der Waals surface area (Å²) in [5.41, 5.74) is 1.71. The highest BCUT2D eigenvalue weighted by atomic mass is 14.2. The highest BCUT2D eigenvalue weighted by molar-refractivity contribution is 5.22. The van der Waals surface area contributed by atoms with E-state index in [0.29, 0.717) is 0 Å². The molecule has 0 heteroatoms. The van der Waals surface area contributed by atoms with Crippen LogP contribution in [0.3, 0.4) is 0 Å². The van der Waals surface area contributed by atoms with Crippen LogP contribution < -0.4 is 0 Å². The van der Waals surface area contributed by atoms with Gasteiger partial charge in [-0.25, -0.2) is 0 Å². The Labute approximate surface area is 56.3 Å². The van der Waals surface area contributed by atoms with Crippen LogP contribution in [0.25, 0.3) is 0 Å². The van der Waals surface area contributed by atoms with Crippen LogP contribution in [0.15, 0.2) is 23.8 Å². The first-order chi connectivity index (χ1) is 4.47. The van der Waals surface area contributed by atoms with E-state index in [0.717, 1.165) is 5.92 Å². The topological polar surface area (TPSA) is 0 Å². The lowest BCUT2D eigenvalue weighted by Gasteiger charge is -2.09. The van der Waals surface area contributed by atoms with E-state index in [2.05, 4.69) is 18.2 Å². The maximum absolute atomic E-state index is 2.40. The van der Waals surface area contributed by atoms with Crippen molar-refractivity contribution in [1.29, 1.82) is 0 Å². The molecule has 0 aliphatic heterocycles. The lowest BCUT2D eigenvalue weighted by atomic mass is 9.97. The predicted octanol–water partition coefficient (Wildman–Crippen LogP) is 2.67. The molecule has 48 valence electrons. The monoisotopic (exact) mass is 120 g/mol. The number of hydrogen-bond acceptors (Lipinski definition) is 0. The summed E-state index contributed by atoms with van der Waals surface area (Å²) in [6.07, 6.45) is 12.4. The molecule has 1 saturated carbocycles. The van der Waals surface area contributed by atoms with E-state index in [4.69, 9.17) is 0 Å². The molecule has 0 saturated heterocycles. The van der Waals surface area contributed by atoms with Gasteiger partial charge in [-0.1, -0.05) is 23.8 Å². The fraction of sp³-hybridized carbons (Fsp3) is 0.556. The summed E-state index contributed by atoms with van der Waals surface area (Å²) in [6.45, 7) is 0. The van der Waals surface area contributed by atoms with Crippen LogP contribution in [0, 0.1) is 5.92 Å². The van der Waals surface area contributed by atoms with Gasteiger partial charge in [-0.05, 0) is 31.6 Å². The fourth-order valence-electron chi connectivity index (χ4n) is 1.83. The third-order valence-electron chi connectivity index (χ3n) is 2.34. The molecule has 1 unspecified atom stereocenters. The predicted molar refractivity (Wildman–Crippen MR) is 39.2 cm³/mol. The van der Waals surface area contributed by atoms with Gasteiger partial charge in [-0.3, -0.25) is 0 Å². The average Bonchev–Trinajstić information content (AvgIpc) is 2.33. The first-order valence-electron chi connectivity index (χ1n) is 3.82. The second kappa shape index (κ2) is 2.02. The van der Waals surface area contributed by atoms with Crippen molar-refractivity contribution in [2.24, 2.45) is 5.92 Å². The number of hydrogen-bond donors (Lipinski definition) is 0. The van der Waals surface area contributed by atoms with Gasteiger partial charge in [0.2, 0.25) is 0 Å². The minimum Gasteiger partial charge on any atom is -0.0841 e. The average molecular weight is 120 g/mol. The van der Waals surface area contributed by atoms with Crippen LogP contribution in [-0.2, 0) is 0 Å². The Bertz CT molecular complexity index is 163. The molecule has 2 rings (SSSR count). The van der Waals surface area contributed by atoms with Crippen LogP contribution in [0.4, 0.5) is 0 Å². The summed E-state index contributed by atoms with van der Waals surface area (Å²) in [5.74, 6) is 0.846. The maximum atomic E-state index is 2.40. The molecule has 1 atom stereocenters. The van der Waals surface area contributed by atoms with Crippen molar-refractivity contribution in [3.8, 4) is 0 Å². The van der Waals surface area contributed by atoms with Crippen LogP contribution in [0.2, 0.25) is 0 Å². The minimum atomic E-state index is 0.846. The van der Waals surface area contributed by atoms with Gasteiger partial charge in [0.15, 0.2) is 0 Å². The van der Waals surface area contributed by atoms with Crippen molar-refractivity contribution in [1.82, 2.24) is 0 Å².